The Hall–Kier alpha value is -3.92. The third kappa shape index (κ3) is 5.32. The highest BCUT2D eigenvalue weighted by molar-refractivity contribution is 5.84. The predicted molar refractivity (Wildman–Crippen MR) is 117 cm³/mol. The van der Waals surface area contributed by atoms with Gasteiger partial charge in [-0.1, -0.05) is 60.7 Å². The molecule has 3 rings (SSSR count). The second-order valence-electron chi connectivity index (χ2n) is 6.95. The summed E-state index contributed by atoms with van der Waals surface area (Å²) in [5, 5.41) is 9.37. The fraction of sp³-hybridized carbons (Fsp3) is 0.217. The van der Waals surface area contributed by atoms with Crippen LogP contribution < -0.4 is 15.5 Å². The highest BCUT2D eigenvalue weighted by Crippen LogP contribution is 2.20. The summed E-state index contributed by atoms with van der Waals surface area (Å²) in [5.41, 5.74) is 7.79. The minimum absolute atomic E-state index is 0.0146. The van der Waals surface area contributed by atoms with Crippen LogP contribution in [0.5, 0.6) is 0 Å². The average molecular weight is 400 g/mol. The number of hydrogen-bond acceptors (Lipinski definition) is 6. The van der Waals surface area contributed by atoms with Crippen molar-refractivity contribution in [3.05, 3.63) is 84.1 Å². The standard InChI is InChI=1S/C23H24N6O/c1-28(17-19-10-6-3-7-11-19)23-26-14-12-21(27-23)29(15-13-24)20(22(25)30)16-18-8-4-2-5-9-18/h2-12,14,20H,15-17H2,1H3,(H2,25,30)/t20-/m0/s1. The summed E-state index contributed by atoms with van der Waals surface area (Å²) in [7, 11) is 1.90. The minimum Gasteiger partial charge on any atom is -0.368 e. The van der Waals surface area contributed by atoms with Crippen LogP contribution in [0.2, 0.25) is 0 Å². The molecule has 7 nitrogen and oxygen atoms in total. The fourth-order valence-corrected chi connectivity index (χ4v) is 3.24. The maximum absolute atomic E-state index is 12.3. The first kappa shape index (κ1) is 20.8. The molecule has 2 aromatic carbocycles. The number of hydrogen-bond donors (Lipinski definition) is 1. The van der Waals surface area contributed by atoms with Crippen LogP contribution >= 0.6 is 0 Å². The van der Waals surface area contributed by atoms with Crippen LogP contribution in [0.4, 0.5) is 11.8 Å². The van der Waals surface area contributed by atoms with Gasteiger partial charge in [-0.3, -0.25) is 4.79 Å². The van der Waals surface area contributed by atoms with Gasteiger partial charge in [0, 0.05) is 26.2 Å². The number of benzene rings is 2. The van der Waals surface area contributed by atoms with Crippen LogP contribution in [-0.2, 0) is 17.8 Å². The summed E-state index contributed by atoms with van der Waals surface area (Å²) >= 11 is 0. The molecule has 152 valence electrons. The Morgan fingerprint density at radius 1 is 1.07 bits per heavy atom. The van der Waals surface area contributed by atoms with E-state index in [0.717, 1.165) is 11.1 Å². The van der Waals surface area contributed by atoms with Crippen molar-refractivity contribution in [1.29, 1.82) is 5.26 Å². The summed E-state index contributed by atoms with van der Waals surface area (Å²) in [6.07, 6.45) is 2.02. The van der Waals surface area contributed by atoms with E-state index in [-0.39, 0.29) is 6.54 Å². The highest BCUT2D eigenvalue weighted by atomic mass is 16.1. The van der Waals surface area contributed by atoms with Gasteiger partial charge in [0.15, 0.2) is 0 Å². The molecule has 0 saturated carbocycles. The van der Waals surface area contributed by atoms with Gasteiger partial charge in [-0.25, -0.2) is 4.98 Å². The van der Waals surface area contributed by atoms with Gasteiger partial charge >= 0.3 is 0 Å². The number of nitrogens with two attached hydrogens (primary N) is 1. The predicted octanol–water partition coefficient (Wildman–Crippen LogP) is 2.54. The molecule has 1 heterocycles. The number of amides is 1. The third-order valence-electron chi connectivity index (χ3n) is 4.74. The second-order valence-corrected chi connectivity index (χ2v) is 6.95. The molecule has 30 heavy (non-hydrogen) atoms. The Morgan fingerprint density at radius 2 is 1.70 bits per heavy atom. The molecular formula is C23H24N6O. The van der Waals surface area contributed by atoms with Crippen molar-refractivity contribution in [2.45, 2.75) is 19.0 Å². The summed E-state index contributed by atoms with van der Waals surface area (Å²) < 4.78 is 0. The Balaban J connectivity index is 1.86. The zero-order chi connectivity index (χ0) is 21.3. The van der Waals surface area contributed by atoms with E-state index < -0.39 is 11.9 Å². The molecule has 0 saturated heterocycles. The summed E-state index contributed by atoms with van der Waals surface area (Å²) in [6.45, 7) is 0.616. The van der Waals surface area contributed by atoms with Crippen LogP contribution in [-0.4, -0.2) is 35.5 Å². The average Bonchev–Trinajstić information content (AvgIpc) is 2.77. The quantitative estimate of drug-likeness (QED) is 0.554. The van der Waals surface area contributed by atoms with Crippen molar-refractivity contribution >= 4 is 17.7 Å². The molecule has 0 fully saturated rings. The van der Waals surface area contributed by atoms with E-state index in [4.69, 9.17) is 5.73 Å². The number of anilines is 2. The normalized spacial score (nSPS) is 11.3. The fourth-order valence-electron chi connectivity index (χ4n) is 3.24. The zero-order valence-electron chi connectivity index (χ0n) is 16.8. The van der Waals surface area contributed by atoms with E-state index >= 15 is 0 Å². The highest BCUT2D eigenvalue weighted by Gasteiger charge is 2.26. The van der Waals surface area contributed by atoms with Gasteiger partial charge < -0.3 is 15.5 Å². The maximum Gasteiger partial charge on any atom is 0.240 e. The van der Waals surface area contributed by atoms with Crippen molar-refractivity contribution in [3.63, 3.8) is 0 Å². The molecule has 0 aliphatic carbocycles. The van der Waals surface area contributed by atoms with Crippen LogP contribution in [0, 0.1) is 11.3 Å². The lowest BCUT2D eigenvalue weighted by Crippen LogP contribution is -2.47. The maximum atomic E-state index is 12.3. The third-order valence-corrected chi connectivity index (χ3v) is 4.74. The van der Waals surface area contributed by atoms with Crippen LogP contribution in [0.25, 0.3) is 0 Å². The van der Waals surface area contributed by atoms with E-state index in [2.05, 4.69) is 16.0 Å². The van der Waals surface area contributed by atoms with Gasteiger partial charge in [0.2, 0.25) is 11.9 Å². The van der Waals surface area contributed by atoms with E-state index in [1.807, 2.05) is 72.6 Å². The molecule has 2 N–H and O–H groups in total. The molecule has 1 aromatic heterocycles. The number of carbonyl (C=O) groups excluding carboxylic acids is 1. The Labute approximate surface area is 176 Å². The van der Waals surface area contributed by atoms with E-state index in [0.29, 0.717) is 24.7 Å². The number of carbonyl (C=O) groups is 1. The van der Waals surface area contributed by atoms with Crippen LogP contribution in [0.1, 0.15) is 11.1 Å². The number of nitrogens with zero attached hydrogens (tertiary/aromatic N) is 5. The van der Waals surface area contributed by atoms with E-state index in [1.54, 1.807) is 17.2 Å². The van der Waals surface area contributed by atoms with Crippen molar-refractivity contribution in [3.8, 4) is 6.07 Å². The largest absolute Gasteiger partial charge is 0.368 e. The number of primary amides is 1. The Kier molecular flexibility index (Phi) is 6.95. The molecule has 0 aliphatic heterocycles. The topological polar surface area (TPSA) is 99.1 Å². The van der Waals surface area contributed by atoms with Gasteiger partial charge in [-0.05, 0) is 17.2 Å². The lowest BCUT2D eigenvalue weighted by Gasteiger charge is -2.29. The second kappa shape index (κ2) is 10.0. The SMILES string of the molecule is CN(Cc1ccccc1)c1nccc(N(CC#N)[C@@H](Cc2ccccc2)C(N)=O)n1. The zero-order valence-corrected chi connectivity index (χ0v) is 16.8. The molecule has 0 bridgehead atoms. The van der Waals surface area contributed by atoms with Crippen molar-refractivity contribution in [2.75, 3.05) is 23.4 Å². The number of aromatic nitrogens is 2. The first-order chi connectivity index (χ1) is 14.6. The molecule has 0 aliphatic rings. The molecule has 0 spiro atoms. The van der Waals surface area contributed by atoms with Gasteiger partial charge in [0.1, 0.15) is 18.4 Å². The lowest BCUT2D eigenvalue weighted by atomic mass is 10.0. The molecule has 7 heteroatoms. The minimum atomic E-state index is -0.700. The van der Waals surface area contributed by atoms with Crippen molar-refractivity contribution in [2.24, 2.45) is 5.73 Å². The molecular weight excluding hydrogens is 376 g/mol. The van der Waals surface area contributed by atoms with Gasteiger partial charge in [-0.15, -0.1) is 0 Å². The molecule has 1 atom stereocenters. The summed E-state index contributed by atoms with van der Waals surface area (Å²) in [4.78, 5) is 24.8. The first-order valence-corrected chi connectivity index (χ1v) is 9.63. The van der Waals surface area contributed by atoms with Gasteiger partial charge in [-0.2, -0.15) is 10.2 Å². The molecule has 1 amide bonds. The molecule has 3 aromatic rings. The Bertz CT molecular complexity index is 1000. The van der Waals surface area contributed by atoms with E-state index in [9.17, 15) is 10.1 Å². The number of nitriles is 1. The van der Waals surface area contributed by atoms with E-state index in [1.165, 1.54) is 0 Å². The summed E-state index contributed by atoms with van der Waals surface area (Å²) in [5.74, 6) is 0.482. The molecule has 0 unspecified atom stereocenters. The van der Waals surface area contributed by atoms with Crippen LogP contribution in [0.15, 0.2) is 72.9 Å². The lowest BCUT2D eigenvalue weighted by molar-refractivity contribution is -0.119. The summed E-state index contributed by atoms with van der Waals surface area (Å²) in [6, 6.07) is 22.7. The van der Waals surface area contributed by atoms with Crippen molar-refractivity contribution < 1.29 is 4.79 Å². The molecule has 0 radical (unpaired) electrons. The smallest absolute Gasteiger partial charge is 0.240 e. The first-order valence-electron chi connectivity index (χ1n) is 9.63. The monoisotopic (exact) mass is 400 g/mol. The van der Waals surface area contributed by atoms with Crippen LogP contribution in [0.3, 0.4) is 0 Å². The number of rotatable bonds is 9. The van der Waals surface area contributed by atoms with Crippen molar-refractivity contribution in [1.82, 2.24) is 9.97 Å². The Morgan fingerprint density at radius 3 is 2.30 bits per heavy atom. The van der Waals surface area contributed by atoms with Gasteiger partial charge in [0.25, 0.3) is 0 Å². The van der Waals surface area contributed by atoms with Gasteiger partial charge in [0.05, 0.1) is 6.07 Å².